The van der Waals surface area contributed by atoms with Gasteiger partial charge in [-0.05, 0) is 49.2 Å². The molecule has 2 aromatic carbocycles. The molecule has 0 atom stereocenters. The molecular weight excluding hydrogens is 352 g/mol. The second-order valence-electron chi connectivity index (χ2n) is 5.85. The molecule has 1 heterocycles. The summed E-state index contributed by atoms with van der Waals surface area (Å²) >= 11 is 6.06. The minimum absolute atomic E-state index is 0.168. The Kier molecular flexibility index (Phi) is 5.53. The highest BCUT2D eigenvalue weighted by atomic mass is 35.5. The minimum atomic E-state index is -0.168. The van der Waals surface area contributed by atoms with Gasteiger partial charge in [0.2, 0.25) is 5.91 Å². The van der Waals surface area contributed by atoms with Crippen molar-refractivity contribution in [2.24, 2.45) is 0 Å². The van der Waals surface area contributed by atoms with Gasteiger partial charge in [-0.2, -0.15) is 5.10 Å². The highest BCUT2D eigenvalue weighted by Crippen LogP contribution is 2.24. The van der Waals surface area contributed by atoms with Crippen LogP contribution in [0, 0.1) is 13.8 Å². The number of hydrogen-bond acceptors (Lipinski definition) is 4. The van der Waals surface area contributed by atoms with Crippen LogP contribution in [0.3, 0.4) is 0 Å². The predicted octanol–water partition coefficient (Wildman–Crippen LogP) is 3.95. The number of rotatable bonds is 6. The highest BCUT2D eigenvalue weighted by Gasteiger charge is 2.11. The summed E-state index contributed by atoms with van der Waals surface area (Å²) in [5.41, 5.74) is 3.50. The average molecular weight is 371 g/mol. The monoisotopic (exact) mass is 370 g/mol. The quantitative estimate of drug-likeness (QED) is 0.713. The third-order valence-corrected chi connectivity index (χ3v) is 4.27. The van der Waals surface area contributed by atoms with Crippen molar-refractivity contribution < 1.29 is 9.53 Å². The summed E-state index contributed by atoms with van der Waals surface area (Å²) in [6.45, 7) is 4.32. The van der Waals surface area contributed by atoms with E-state index in [-0.39, 0.29) is 18.9 Å². The lowest BCUT2D eigenvalue weighted by atomic mass is 10.1. The molecule has 0 aliphatic carbocycles. The van der Waals surface area contributed by atoms with Gasteiger partial charge in [-0.3, -0.25) is 4.79 Å². The Balaban J connectivity index is 1.63. The Bertz CT molecular complexity index is 910. The number of ether oxygens (including phenoxy) is 1. The van der Waals surface area contributed by atoms with Crippen LogP contribution in [0.4, 0.5) is 5.69 Å². The van der Waals surface area contributed by atoms with Gasteiger partial charge < -0.3 is 10.1 Å². The molecule has 0 aliphatic rings. The second-order valence-corrected chi connectivity index (χ2v) is 6.28. The lowest BCUT2D eigenvalue weighted by Gasteiger charge is -2.13. The fourth-order valence-electron chi connectivity index (χ4n) is 2.49. The number of hydrogen-bond donors (Lipinski definition) is 1. The number of amides is 1. The zero-order chi connectivity index (χ0) is 18.5. The van der Waals surface area contributed by atoms with Gasteiger partial charge >= 0.3 is 0 Å². The molecule has 0 radical (unpaired) electrons. The summed E-state index contributed by atoms with van der Waals surface area (Å²) in [5, 5.41) is 7.47. The van der Waals surface area contributed by atoms with Crippen LogP contribution in [0.25, 0.3) is 5.69 Å². The zero-order valence-electron chi connectivity index (χ0n) is 14.6. The van der Waals surface area contributed by atoms with Gasteiger partial charge in [0.1, 0.15) is 18.4 Å². The van der Waals surface area contributed by atoms with Crippen molar-refractivity contribution in [2.45, 2.75) is 20.3 Å². The molecule has 1 aromatic heterocycles. The summed E-state index contributed by atoms with van der Waals surface area (Å²) in [7, 11) is 0. The molecule has 7 heteroatoms. The lowest BCUT2D eigenvalue weighted by molar-refractivity contribution is -0.116. The number of benzene rings is 2. The maximum atomic E-state index is 12.3. The summed E-state index contributed by atoms with van der Waals surface area (Å²) in [4.78, 5) is 16.2. The van der Waals surface area contributed by atoms with Gasteiger partial charge in [0, 0.05) is 5.02 Å². The van der Waals surface area contributed by atoms with Crippen molar-refractivity contribution in [3.63, 3.8) is 0 Å². The van der Waals surface area contributed by atoms with Crippen LogP contribution < -0.4 is 10.1 Å². The summed E-state index contributed by atoms with van der Waals surface area (Å²) in [6, 6.07) is 11.1. The van der Waals surface area contributed by atoms with Gasteiger partial charge in [-0.15, -0.1) is 0 Å². The van der Waals surface area contributed by atoms with Gasteiger partial charge in [0.25, 0.3) is 0 Å². The summed E-state index contributed by atoms with van der Waals surface area (Å²) < 4.78 is 7.31. The van der Waals surface area contributed by atoms with Crippen LogP contribution in [0.5, 0.6) is 5.75 Å². The number of anilines is 1. The molecule has 134 valence electrons. The van der Waals surface area contributed by atoms with E-state index in [1.54, 1.807) is 29.2 Å². The number of nitrogens with one attached hydrogen (secondary N) is 1. The molecule has 1 N–H and O–H groups in total. The highest BCUT2D eigenvalue weighted by molar-refractivity contribution is 6.31. The lowest BCUT2D eigenvalue weighted by Crippen LogP contribution is -2.17. The van der Waals surface area contributed by atoms with E-state index in [9.17, 15) is 4.79 Å². The Labute approximate surface area is 156 Å². The van der Waals surface area contributed by atoms with E-state index in [2.05, 4.69) is 15.4 Å². The Morgan fingerprint density at radius 3 is 2.88 bits per heavy atom. The standard InChI is InChI=1S/C19H19ClN4O2/c1-13-4-3-5-18(14(13)2)26-9-8-19(25)23-16-10-15(20)6-7-17(16)24-12-21-11-22-24/h3-7,10-12H,8-9H2,1-2H3,(H,23,25). The van der Waals surface area contributed by atoms with E-state index < -0.39 is 0 Å². The van der Waals surface area contributed by atoms with E-state index in [0.717, 1.165) is 16.9 Å². The molecule has 6 nitrogen and oxygen atoms in total. The number of aryl methyl sites for hydroxylation is 1. The SMILES string of the molecule is Cc1cccc(OCCC(=O)Nc2cc(Cl)ccc2-n2cncn2)c1C. The van der Waals surface area contributed by atoms with Crippen molar-refractivity contribution in [1.82, 2.24) is 14.8 Å². The second kappa shape index (κ2) is 8.01. The first-order valence-electron chi connectivity index (χ1n) is 8.18. The summed E-state index contributed by atoms with van der Waals surface area (Å²) in [6.07, 6.45) is 3.21. The first-order valence-corrected chi connectivity index (χ1v) is 8.56. The molecule has 0 saturated carbocycles. The van der Waals surface area contributed by atoms with Crippen LogP contribution in [-0.2, 0) is 4.79 Å². The molecule has 3 rings (SSSR count). The molecule has 0 fully saturated rings. The van der Waals surface area contributed by atoms with E-state index in [0.29, 0.717) is 16.4 Å². The first kappa shape index (κ1) is 17.9. The molecule has 0 saturated heterocycles. The molecule has 0 bridgehead atoms. The number of aromatic nitrogens is 3. The van der Waals surface area contributed by atoms with Crippen LogP contribution >= 0.6 is 11.6 Å². The van der Waals surface area contributed by atoms with Crippen LogP contribution in [-0.4, -0.2) is 27.3 Å². The number of carbonyl (C=O) groups excluding carboxylic acids is 1. The van der Waals surface area contributed by atoms with E-state index in [1.165, 1.54) is 6.33 Å². The van der Waals surface area contributed by atoms with Crippen LogP contribution in [0.15, 0.2) is 49.1 Å². The van der Waals surface area contributed by atoms with Gasteiger partial charge in [0.05, 0.1) is 24.4 Å². The molecule has 0 spiro atoms. The van der Waals surface area contributed by atoms with Crippen LogP contribution in [0.2, 0.25) is 5.02 Å². The van der Waals surface area contributed by atoms with Crippen molar-refractivity contribution in [3.8, 4) is 11.4 Å². The Morgan fingerprint density at radius 2 is 2.12 bits per heavy atom. The third-order valence-electron chi connectivity index (χ3n) is 4.04. The largest absolute Gasteiger partial charge is 0.493 e. The van der Waals surface area contributed by atoms with E-state index in [4.69, 9.17) is 16.3 Å². The fraction of sp³-hybridized carbons (Fsp3) is 0.211. The molecule has 0 unspecified atom stereocenters. The van der Waals surface area contributed by atoms with Crippen molar-refractivity contribution in [3.05, 3.63) is 65.2 Å². The topological polar surface area (TPSA) is 69.0 Å². The Hall–Kier alpha value is -2.86. The normalized spacial score (nSPS) is 10.6. The Morgan fingerprint density at radius 1 is 1.27 bits per heavy atom. The van der Waals surface area contributed by atoms with E-state index in [1.807, 2.05) is 32.0 Å². The minimum Gasteiger partial charge on any atom is -0.493 e. The van der Waals surface area contributed by atoms with E-state index >= 15 is 0 Å². The molecule has 26 heavy (non-hydrogen) atoms. The number of carbonyl (C=O) groups is 1. The van der Waals surface area contributed by atoms with Gasteiger partial charge in [0.15, 0.2) is 0 Å². The predicted molar refractivity (Wildman–Crippen MR) is 101 cm³/mol. The maximum Gasteiger partial charge on any atom is 0.227 e. The first-order chi connectivity index (χ1) is 12.5. The zero-order valence-corrected chi connectivity index (χ0v) is 15.3. The third kappa shape index (κ3) is 4.21. The smallest absolute Gasteiger partial charge is 0.227 e. The number of nitrogens with zero attached hydrogens (tertiary/aromatic N) is 3. The molecule has 1 amide bonds. The van der Waals surface area contributed by atoms with Crippen LogP contribution in [0.1, 0.15) is 17.5 Å². The average Bonchev–Trinajstić information content (AvgIpc) is 3.13. The van der Waals surface area contributed by atoms with Crippen molar-refractivity contribution in [1.29, 1.82) is 0 Å². The van der Waals surface area contributed by atoms with Gasteiger partial charge in [-0.25, -0.2) is 9.67 Å². The molecule has 0 aliphatic heterocycles. The maximum absolute atomic E-state index is 12.3. The van der Waals surface area contributed by atoms with Gasteiger partial charge in [-0.1, -0.05) is 23.7 Å². The molecule has 3 aromatic rings. The summed E-state index contributed by atoms with van der Waals surface area (Å²) in [5.74, 6) is 0.628. The number of halogens is 1. The molecular formula is C19H19ClN4O2. The van der Waals surface area contributed by atoms with Crippen molar-refractivity contribution >= 4 is 23.2 Å². The van der Waals surface area contributed by atoms with Crippen molar-refractivity contribution in [2.75, 3.05) is 11.9 Å². The fourth-order valence-corrected chi connectivity index (χ4v) is 2.66.